The molecule has 2 N–H and O–H groups in total. The number of imide groups is 1. The van der Waals surface area contributed by atoms with Crippen molar-refractivity contribution < 1.29 is 29.1 Å². The number of carbonyl (C=O) groups excluding carboxylic acids is 4. The molecule has 1 aromatic rings. The van der Waals surface area contributed by atoms with Crippen LogP contribution < -0.4 is 5.32 Å². The van der Waals surface area contributed by atoms with Crippen LogP contribution in [0, 0.1) is 11.3 Å². The van der Waals surface area contributed by atoms with Gasteiger partial charge in [-0.2, -0.15) is 0 Å². The van der Waals surface area contributed by atoms with E-state index in [9.17, 15) is 19.2 Å². The van der Waals surface area contributed by atoms with Crippen LogP contribution in [0.5, 0.6) is 0 Å². The van der Waals surface area contributed by atoms with Crippen molar-refractivity contribution in [2.24, 2.45) is 11.3 Å². The molecule has 0 unspecified atom stereocenters. The van der Waals surface area contributed by atoms with Gasteiger partial charge in [-0.25, -0.2) is 4.79 Å². The van der Waals surface area contributed by atoms with Gasteiger partial charge in [0.25, 0.3) is 12.4 Å². The lowest BCUT2D eigenvalue weighted by molar-refractivity contribution is -0.136. The molecule has 0 radical (unpaired) electrons. The SMILES string of the molecule is CC(=O)N1C[C@@H]2CN(C(=O)CN3C(=O)CNC3=O)C[C@]2(CCc2ccccc2)C1.O=CO. The molecule has 10 heteroatoms. The lowest BCUT2D eigenvalue weighted by Gasteiger charge is -2.29. The van der Waals surface area contributed by atoms with E-state index < -0.39 is 6.03 Å². The molecule has 0 aromatic heterocycles. The summed E-state index contributed by atoms with van der Waals surface area (Å²) in [7, 11) is 0. The normalized spacial score (nSPS) is 24.0. The molecule has 172 valence electrons. The van der Waals surface area contributed by atoms with Crippen molar-refractivity contribution in [3.8, 4) is 0 Å². The Morgan fingerprint density at radius 1 is 1.16 bits per heavy atom. The summed E-state index contributed by atoms with van der Waals surface area (Å²) in [5, 5.41) is 9.33. The fraction of sp³-hybridized carbons (Fsp3) is 0.500. The Balaban J connectivity index is 0.000000913. The first-order valence-electron chi connectivity index (χ1n) is 10.5. The minimum atomic E-state index is -0.510. The number of nitrogens with one attached hydrogen (secondary N) is 1. The van der Waals surface area contributed by atoms with Crippen molar-refractivity contribution in [3.63, 3.8) is 0 Å². The number of urea groups is 1. The highest BCUT2D eigenvalue weighted by Gasteiger charge is 2.53. The zero-order valence-corrected chi connectivity index (χ0v) is 18.0. The molecule has 3 fully saturated rings. The van der Waals surface area contributed by atoms with Crippen LogP contribution in [0.3, 0.4) is 0 Å². The van der Waals surface area contributed by atoms with Gasteiger partial charge in [0.2, 0.25) is 11.8 Å². The Morgan fingerprint density at radius 2 is 1.78 bits per heavy atom. The summed E-state index contributed by atoms with van der Waals surface area (Å²) in [6, 6.07) is 9.71. The van der Waals surface area contributed by atoms with Gasteiger partial charge < -0.3 is 20.2 Å². The van der Waals surface area contributed by atoms with Crippen LogP contribution in [0.25, 0.3) is 0 Å². The van der Waals surface area contributed by atoms with Gasteiger partial charge in [-0.05, 0) is 18.4 Å². The average Bonchev–Trinajstić information content (AvgIpc) is 3.40. The summed E-state index contributed by atoms with van der Waals surface area (Å²) in [6.45, 7) is 3.47. The topological polar surface area (TPSA) is 127 Å². The van der Waals surface area contributed by atoms with Gasteiger partial charge in [-0.15, -0.1) is 0 Å². The molecule has 3 aliphatic heterocycles. The molecule has 2 atom stereocenters. The number of aryl methyl sites for hydroxylation is 1. The van der Waals surface area contributed by atoms with Crippen LogP contribution in [0.15, 0.2) is 30.3 Å². The first-order chi connectivity index (χ1) is 15.3. The second kappa shape index (κ2) is 9.80. The first-order valence-corrected chi connectivity index (χ1v) is 10.5. The second-order valence-corrected chi connectivity index (χ2v) is 8.46. The van der Waals surface area contributed by atoms with Gasteiger partial charge in [0.15, 0.2) is 0 Å². The molecule has 4 rings (SSSR count). The third-order valence-electron chi connectivity index (χ3n) is 6.54. The Bertz CT molecular complexity index is 876. The number of hydrogen-bond acceptors (Lipinski definition) is 5. The third kappa shape index (κ3) is 4.90. The smallest absolute Gasteiger partial charge is 0.325 e. The van der Waals surface area contributed by atoms with E-state index in [0.29, 0.717) is 26.2 Å². The largest absolute Gasteiger partial charge is 0.483 e. The van der Waals surface area contributed by atoms with E-state index in [2.05, 4.69) is 17.4 Å². The highest BCUT2D eigenvalue weighted by Crippen LogP contribution is 2.46. The van der Waals surface area contributed by atoms with Crippen LogP contribution in [-0.2, 0) is 25.6 Å². The lowest BCUT2D eigenvalue weighted by Crippen LogP contribution is -2.44. The summed E-state index contributed by atoms with van der Waals surface area (Å²) in [4.78, 5) is 61.3. The van der Waals surface area contributed by atoms with Crippen LogP contribution in [0.1, 0.15) is 18.9 Å². The summed E-state index contributed by atoms with van der Waals surface area (Å²) in [5.74, 6) is -0.305. The van der Waals surface area contributed by atoms with E-state index in [4.69, 9.17) is 9.90 Å². The molecule has 0 spiro atoms. The van der Waals surface area contributed by atoms with Crippen LogP contribution in [0.2, 0.25) is 0 Å². The fourth-order valence-corrected chi connectivity index (χ4v) is 4.86. The van der Waals surface area contributed by atoms with Crippen LogP contribution >= 0.6 is 0 Å². The summed E-state index contributed by atoms with van der Waals surface area (Å²) >= 11 is 0. The number of amides is 5. The number of nitrogens with zero attached hydrogens (tertiary/aromatic N) is 3. The van der Waals surface area contributed by atoms with Gasteiger partial charge in [0.05, 0.1) is 6.54 Å². The van der Waals surface area contributed by atoms with Crippen molar-refractivity contribution >= 4 is 30.2 Å². The maximum Gasteiger partial charge on any atom is 0.325 e. The average molecular weight is 444 g/mol. The number of fused-ring (bicyclic) bond motifs is 1. The molecular weight excluding hydrogens is 416 g/mol. The van der Waals surface area contributed by atoms with E-state index in [0.717, 1.165) is 17.7 Å². The maximum atomic E-state index is 12.8. The molecule has 5 amide bonds. The molecule has 3 saturated heterocycles. The summed E-state index contributed by atoms with van der Waals surface area (Å²) in [5.41, 5.74) is 1.10. The fourth-order valence-electron chi connectivity index (χ4n) is 4.86. The highest BCUT2D eigenvalue weighted by atomic mass is 16.3. The predicted octanol–water partition coefficient (Wildman–Crippen LogP) is 0.179. The maximum absolute atomic E-state index is 12.8. The third-order valence-corrected chi connectivity index (χ3v) is 6.54. The quantitative estimate of drug-likeness (QED) is 0.493. The van der Waals surface area contributed by atoms with Gasteiger partial charge in [-0.1, -0.05) is 30.3 Å². The van der Waals surface area contributed by atoms with E-state index in [1.54, 1.807) is 11.8 Å². The van der Waals surface area contributed by atoms with Gasteiger partial charge in [0.1, 0.15) is 6.54 Å². The van der Waals surface area contributed by atoms with E-state index in [1.165, 1.54) is 5.56 Å². The zero-order valence-electron chi connectivity index (χ0n) is 18.0. The molecule has 3 heterocycles. The van der Waals surface area contributed by atoms with Crippen LogP contribution in [-0.4, -0.2) is 89.3 Å². The molecule has 0 bridgehead atoms. The minimum absolute atomic E-state index is 0.0523. The number of likely N-dealkylation sites (tertiary alicyclic amines) is 2. The summed E-state index contributed by atoms with van der Waals surface area (Å²) in [6.07, 6.45) is 1.77. The Labute approximate surface area is 186 Å². The van der Waals surface area contributed by atoms with E-state index in [-0.39, 0.29) is 48.6 Å². The Morgan fingerprint density at radius 3 is 2.38 bits per heavy atom. The van der Waals surface area contributed by atoms with Crippen LogP contribution in [0.4, 0.5) is 4.79 Å². The van der Waals surface area contributed by atoms with Crippen molar-refractivity contribution in [1.29, 1.82) is 0 Å². The van der Waals surface area contributed by atoms with Crippen molar-refractivity contribution in [2.75, 3.05) is 39.3 Å². The predicted molar refractivity (Wildman–Crippen MR) is 113 cm³/mol. The standard InChI is InChI=1S/C21H26N4O4.CH2O2/c1-15(26)23-10-17-11-24(19(28)12-25-18(27)9-22-20(25)29)14-21(17,13-23)8-7-16-5-3-2-4-6-16;2-1-3/h2-6,17H,7-14H2,1H3,(H,22,29);1H,(H,2,3)/t17-,21+;/m1./s1. The van der Waals surface area contributed by atoms with Gasteiger partial charge >= 0.3 is 6.03 Å². The highest BCUT2D eigenvalue weighted by molar-refractivity contribution is 6.04. The molecule has 0 aliphatic carbocycles. The molecule has 3 aliphatic rings. The Kier molecular flexibility index (Phi) is 7.12. The van der Waals surface area contributed by atoms with Crippen molar-refractivity contribution in [3.05, 3.63) is 35.9 Å². The zero-order chi connectivity index (χ0) is 23.3. The van der Waals surface area contributed by atoms with Gasteiger partial charge in [0, 0.05) is 44.4 Å². The second-order valence-electron chi connectivity index (χ2n) is 8.46. The first kappa shape index (κ1) is 23.2. The number of benzene rings is 1. The number of carboxylic acid groups (broad SMARTS) is 1. The molecule has 32 heavy (non-hydrogen) atoms. The van der Waals surface area contributed by atoms with Crippen molar-refractivity contribution in [1.82, 2.24) is 20.0 Å². The lowest BCUT2D eigenvalue weighted by atomic mass is 9.76. The molecule has 10 nitrogen and oxygen atoms in total. The van der Waals surface area contributed by atoms with Gasteiger partial charge in [-0.3, -0.25) is 24.1 Å². The van der Waals surface area contributed by atoms with E-state index >= 15 is 0 Å². The molecular formula is C22H28N4O6. The molecule has 1 aromatic carbocycles. The number of rotatable bonds is 5. The number of hydrogen-bond donors (Lipinski definition) is 2. The number of carbonyl (C=O) groups is 5. The van der Waals surface area contributed by atoms with E-state index in [1.807, 2.05) is 23.1 Å². The Hall–Kier alpha value is -3.43. The monoisotopic (exact) mass is 444 g/mol. The minimum Gasteiger partial charge on any atom is -0.483 e. The van der Waals surface area contributed by atoms with Crippen molar-refractivity contribution in [2.45, 2.75) is 19.8 Å². The summed E-state index contributed by atoms with van der Waals surface area (Å²) < 4.78 is 0. The molecule has 0 saturated carbocycles.